The van der Waals surface area contributed by atoms with Gasteiger partial charge in [-0.3, -0.25) is 4.79 Å². The van der Waals surface area contributed by atoms with Gasteiger partial charge in [-0.15, -0.1) is 6.58 Å². The molecule has 21 heavy (non-hydrogen) atoms. The Morgan fingerprint density at radius 1 is 1.48 bits per heavy atom. The van der Waals surface area contributed by atoms with Gasteiger partial charge in [0.15, 0.2) is 5.60 Å². The summed E-state index contributed by atoms with van der Waals surface area (Å²) in [6.45, 7) is 7.75. The molecule has 1 aromatic rings. The fourth-order valence-corrected chi connectivity index (χ4v) is 3.33. The van der Waals surface area contributed by atoms with Crippen LogP contribution in [0.4, 0.5) is 0 Å². The third-order valence-electron chi connectivity index (χ3n) is 4.48. The molecule has 0 bridgehead atoms. The van der Waals surface area contributed by atoms with E-state index in [9.17, 15) is 4.79 Å². The summed E-state index contributed by atoms with van der Waals surface area (Å²) in [6, 6.07) is 10.2. The number of hydrogen-bond acceptors (Lipinski definition) is 2. The highest BCUT2D eigenvalue weighted by atomic mass is 16.6. The lowest BCUT2D eigenvalue weighted by atomic mass is 9.74. The van der Waals surface area contributed by atoms with Gasteiger partial charge in [0.05, 0.1) is 26.1 Å². The molecule has 1 unspecified atom stereocenters. The first-order valence-corrected chi connectivity index (χ1v) is 7.82. The van der Waals surface area contributed by atoms with Crippen molar-refractivity contribution in [2.45, 2.75) is 31.8 Å². The summed E-state index contributed by atoms with van der Waals surface area (Å²) in [7, 11) is 2.20. The van der Waals surface area contributed by atoms with Crippen molar-refractivity contribution in [1.82, 2.24) is 0 Å². The topological polar surface area (TPSA) is 30.7 Å². The van der Waals surface area contributed by atoms with Crippen LogP contribution in [-0.4, -0.2) is 26.1 Å². The number of quaternary nitrogens is 1. The number of hydrogen-bond donors (Lipinski definition) is 1. The van der Waals surface area contributed by atoms with Gasteiger partial charge in [-0.2, -0.15) is 0 Å². The number of nitrogens with one attached hydrogen (secondary N) is 1. The highest BCUT2D eigenvalue weighted by Gasteiger charge is 2.48. The number of esters is 1. The number of carbonyl (C=O) groups is 1. The van der Waals surface area contributed by atoms with Crippen LogP contribution in [0.15, 0.2) is 43.0 Å². The van der Waals surface area contributed by atoms with E-state index in [1.165, 1.54) is 4.90 Å². The van der Waals surface area contributed by atoms with Crippen molar-refractivity contribution in [2.24, 2.45) is 5.92 Å². The molecule has 0 radical (unpaired) electrons. The van der Waals surface area contributed by atoms with E-state index in [0.717, 1.165) is 31.5 Å². The van der Waals surface area contributed by atoms with Crippen molar-refractivity contribution in [3.8, 4) is 0 Å². The zero-order valence-corrected chi connectivity index (χ0v) is 13.1. The molecule has 1 aliphatic rings. The van der Waals surface area contributed by atoms with Crippen LogP contribution in [0.5, 0.6) is 0 Å². The molecule has 3 heteroatoms. The van der Waals surface area contributed by atoms with Gasteiger partial charge in [-0.05, 0) is 12.0 Å². The summed E-state index contributed by atoms with van der Waals surface area (Å²) in [5.74, 6) is 0.161. The molecule has 3 atom stereocenters. The molecule has 1 aliphatic heterocycles. The van der Waals surface area contributed by atoms with Gasteiger partial charge in [0.1, 0.15) is 0 Å². The Bertz CT molecular complexity index is 485. The second kappa shape index (κ2) is 6.90. The lowest BCUT2D eigenvalue weighted by molar-refractivity contribution is -0.892. The van der Waals surface area contributed by atoms with Crippen molar-refractivity contribution in [2.75, 3.05) is 20.1 Å². The van der Waals surface area contributed by atoms with Crippen LogP contribution in [0.2, 0.25) is 0 Å². The number of piperidine rings is 1. The molecular formula is C18H26NO2+. The zero-order chi connectivity index (χ0) is 15.3. The maximum Gasteiger partial charge on any atom is 0.306 e. The van der Waals surface area contributed by atoms with Crippen LogP contribution in [0.1, 0.15) is 31.7 Å². The minimum atomic E-state index is -0.498. The first-order chi connectivity index (χ1) is 10.1. The molecule has 114 valence electrons. The lowest BCUT2D eigenvalue weighted by Crippen LogP contribution is -3.11. The van der Waals surface area contributed by atoms with Crippen molar-refractivity contribution in [3.63, 3.8) is 0 Å². The molecule has 1 N–H and O–H groups in total. The summed E-state index contributed by atoms with van der Waals surface area (Å²) in [5, 5.41) is 0. The molecule has 0 aliphatic carbocycles. The van der Waals surface area contributed by atoms with Crippen molar-refractivity contribution in [1.29, 1.82) is 0 Å². The minimum absolute atomic E-state index is 0.118. The highest BCUT2D eigenvalue weighted by Crippen LogP contribution is 2.40. The zero-order valence-electron chi connectivity index (χ0n) is 13.1. The Balaban J connectivity index is 2.42. The molecule has 0 saturated carbocycles. The Kier molecular flexibility index (Phi) is 5.18. The molecule has 2 rings (SSSR count). The maximum absolute atomic E-state index is 12.0. The van der Waals surface area contributed by atoms with Crippen LogP contribution >= 0.6 is 0 Å². The van der Waals surface area contributed by atoms with Gasteiger partial charge in [-0.1, -0.05) is 43.3 Å². The first kappa shape index (κ1) is 15.8. The van der Waals surface area contributed by atoms with Crippen molar-refractivity contribution in [3.05, 3.63) is 48.6 Å². The van der Waals surface area contributed by atoms with Crippen molar-refractivity contribution >= 4 is 5.97 Å². The standard InChI is InChI=1S/C18H25NO2/c1-4-9-16-14-19(3)13-12-18(16,21-17(20)5-2)15-10-7-6-8-11-15/h4,6-8,10-11,16H,1,5,9,12-14H2,2-3H3/p+1/t16-,18+/m1/s1. The van der Waals surface area contributed by atoms with E-state index >= 15 is 0 Å². The summed E-state index contributed by atoms with van der Waals surface area (Å²) in [5.41, 5.74) is 0.619. The van der Waals surface area contributed by atoms with Crippen LogP contribution in [0, 0.1) is 5.92 Å². The molecule has 0 spiro atoms. The Labute approximate surface area is 127 Å². The van der Waals surface area contributed by atoms with E-state index < -0.39 is 5.60 Å². The van der Waals surface area contributed by atoms with E-state index in [2.05, 4.69) is 25.8 Å². The van der Waals surface area contributed by atoms with Crippen LogP contribution in [0.3, 0.4) is 0 Å². The number of likely N-dealkylation sites (tertiary alicyclic amines) is 1. The molecule has 1 heterocycles. The molecule has 0 aromatic heterocycles. The molecule has 1 aromatic carbocycles. The number of carbonyl (C=O) groups excluding carboxylic acids is 1. The van der Waals surface area contributed by atoms with Gasteiger partial charge >= 0.3 is 5.97 Å². The van der Waals surface area contributed by atoms with Crippen molar-refractivity contribution < 1.29 is 14.4 Å². The second-order valence-electron chi connectivity index (χ2n) is 5.97. The quantitative estimate of drug-likeness (QED) is 0.663. The SMILES string of the molecule is C=CC[C@@H]1C[NH+](C)CC[C@]1(OC(=O)CC)c1ccccc1. The van der Waals surface area contributed by atoms with Crippen LogP contribution < -0.4 is 4.90 Å². The predicted molar refractivity (Wildman–Crippen MR) is 84.0 cm³/mol. The number of rotatable bonds is 5. The summed E-state index contributed by atoms with van der Waals surface area (Å²) in [6.07, 6.45) is 4.09. The Morgan fingerprint density at radius 2 is 2.19 bits per heavy atom. The van der Waals surface area contributed by atoms with E-state index in [-0.39, 0.29) is 11.9 Å². The highest BCUT2D eigenvalue weighted by molar-refractivity contribution is 5.69. The average molecular weight is 288 g/mol. The number of benzene rings is 1. The number of allylic oxidation sites excluding steroid dienone is 1. The lowest BCUT2D eigenvalue weighted by Gasteiger charge is -2.44. The number of ether oxygens (including phenoxy) is 1. The Hall–Kier alpha value is -1.61. The second-order valence-corrected chi connectivity index (χ2v) is 5.97. The monoisotopic (exact) mass is 288 g/mol. The summed E-state index contributed by atoms with van der Waals surface area (Å²) >= 11 is 0. The molecule has 1 saturated heterocycles. The van der Waals surface area contributed by atoms with Crippen LogP contribution in [0.25, 0.3) is 0 Å². The van der Waals surface area contributed by atoms with Gasteiger partial charge < -0.3 is 9.64 Å². The van der Waals surface area contributed by atoms with Gasteiger partial charge in [0.25, 0.3) is 0 Å². The van der Waals surface area contributed by atoms with E-state index in [1.807, 2.05) is 31.2 Å². The first-order valence-electron chi connectivity index (χ1n) is 7.82. The largest absolute Gasteiger partial charge is 0.453 e. The molecular weight excluding hydrogens is 262 g/mol. The van der Waals surface area contributed by atoms with Gasteiger partial charge in [0.2, 0.25) is 0 Å². The third-order valence-corrected chi connectivity index (χ3v) is 4.48. The Morgan fingerprint density at radius 3 is 2.81 bits per heavy atom. The third kappa shape index (κ3) is 3.35. The molecule has 3 nitrogen and oxygen atoms in total. The van der Waals surface area contributed by atoms with Crippen LogP contribution in [-0.2, 0) is 15.1 Å². The van der Waals surface area contributed by atoms with E-state index in [0.29, 0.717) is 6.42 Å². The van der Waals surface area contributed by atoms with Gasteiger partial charge in [0, 0.05) is 12.8 Å². The molecule has 1 fully saturated rings. The predicted octanol–water partition coefficient (Wildman–Crippen LogP) is 1.95. The summed E-state index contributed by atoms with van der Waals surface area (Å²) in [4.78, 5) is 13.5. The normalized spacial score (nSPS) is 28.9. The summed E-state index contributed by atoms with van der Waals surface area (Å²) < 4.78 is 6.03. The minimum Gasteiger partial charge on any atom is -0.453 e. The fraction of sp³-hybridized carbons (Fsp3) is 0.500. The molecule has 0 amide bonds. The van der Waals surface area contributed by atoms with E-state index in [4.69, 9.17) is 4.74 Å². The average Bonchev–Trinajstić information content (AvgIpc) is 2.51. The van der Waals surface area contributed by atoms with E-state index in [1.54, 1.807) is 0 Å². The maximum atomic E-state index is 12.0. The fourth-order valence-electron chi connectivity index (χ4n) is 3.33. The smallest absolute Gasteiger partial charge is 0.306 e. The van der Waals surface area contributed by atoms with Gasteiger partial charge in [-0.25, -0.2) is 0 Å².